The number of benzene rings is 1. The van der Waals surface area contributed by atoms with Gasteiger partial charge in [-0.3, -0.25) is 4.79 Å². The van der Waals surface area contributed by atoms with E-state index in [-0.39, 0.29) is 17.2 Å². The third kappa shape index (κ3) is 2.13. The van der Waals surface area contributed by atoms with E-state index in [2.05, 4.69) is 5.10 Å². The smallest absolute Gasteiger partial charge is 0.220 e. The number of ketones is 1. The van der Waals surface area contributed by atoms with E-state index >= 15 is 0 Å². The van der Waals surface area contributed by atoms with Crippen LogP contribution in [0.2, 0.25) is 0 Å². The molecule has 0 saturated carbocycles. The number of aryl methyl sites for hydroxylation is 1. The number of aromatic nitrogens is 2. The third-order valence-corrected chi connectivity index (χ3v) is 3.48. The number of aromatic hydroxyl groups is 1. The first-order valence-electron chi connectivity index (χ1n) is 5.46. The molecule has 18 heavy (non-hydrogen) atoms. The van der Waals surface area contributed by atoms with Gasteiger partial charge in [-0.05, 0) is 25.3 Å². The van der Waals surface area contributed by atoms with Crippen LogP contribution in [-0.2, 0) is 7.05 Å². The number of thioether (sulfide) groups is 1. The first kappa shape index (κ1) is 12.7. The largest absolute Gasteiger partial charge is 0.493 e. The van der Waals surface area contributed by atoms with Crippen molar-refractivity contribution in [2.75, 3.05) is 6.26 Å². The van der Waals surface area contributed by atoms with Crippen LogP contribution >= 0.6 is 11.8 Å². The van der Waals surface area contributed by atoms with E-state index in [1.165, 1.54) is 11.6 Å². The fourth-order valence-electron chi connectivity index (χ4n) is 1.79. The molecule has 0 saturated heterocycles. The first-order chi connectivity index (χ1) is 8.54. The lowest BCUT2D eigenvalue weighted by atomic mass is 10.1. The molecule has 94 valence electrons. The molecule has 0 aliphatic heterocycles. The molecule has 0 bridgehead atoms. The molecule has 1 N–H and O–H groups in total. The number of rotatable bonds is 3. The Balaban J connectivity index is 2.56. The highest BCUT2D eigenvalue weighted by molar-refractivity contribution is 7.98. The summed E-state index contributed by atoms with van der Waals surface area (Å²) in [5, 5.41) is 14.0. The van der Waals surface area contributed by atoms with Gasteiger partial charge in [-0.15, -0.1) is 11.8 Å². The predicted molar refractivity (Wildman–Crippen MR) is 72.1 cm³/mol. The summed E-state index contributed by atoms with van der Waals surface area (Å²) in [5.41, 5.74) is 1.62. The summed E-state index contributed by atoms with van der Waals surface area (Å²) in [5.74, 6) is -0.281. The Morgan fingerprint density at radius 3 is 2.44 bits per heavy atom. The fourth-order valence-corrected chi connectivity index (χ4v) is 2.20. The minimum absolute atomic E-state index is 0.0913. The standard InChI is InChI=1S/C13H14N2O2S/c1-8(16)11-12(14-15(2)13(11)17)9-4-6-10(18-3)7-5-9/h4-7,17H,1-3H3. The number of carbonyl (C=O) groups excluding carboxylic acids is 1. The van der Waals surface area contributed by atoms with Gasteiger partial charge in [0.25, 0.3) is 0 Å². The number of hydrogen-bond donors (Lipinski definition) is 1. The molecule has 0 aliphatic carbocycles. The van der Waals surface area contributed by atoms with Crippen LogP contribution < -0.4 is 0 Å². The minimum atomic E-state index is -0.190. The molecule has 1 aromatic carbocycles. The van der Waals surface area contributed by atoms with Crippen LogP contribution in [0.15, 0.2) is 29.2 Å². The van der Waals surface area contributed by atoms with Crippen molar-refractivity contribution in [2.24, 2.45) is 7.05 Å². The van der Waals surface area contributed by atoms with E-state index in [4.69, 9.17) is 0 Å². The van der Waals surface area contributed by atoms with Crippen molar-refractivity contribution in [3.05, 3.63) is 29.8 Å². The zero-order valence-corrected chi connectivity index (χ0v) is 11.3. The van der Waals surface area contributed by atoms with Gasteiger partial charge >= 0.3 is 0 Å². The van der Waals surface area contributed by atoms with Gasteiger partial charge in [-0.1, -0.05) is 12.1 Å². The van der Waals surface area contributed by atoms with Crippen molar-refractivity contribution in [2.45, 2.75) is 11.8 Å². The monoisotopic (exact) mass is 262 g/mol. The van der Waals surface area contributed by atoms with Gasteiger partial charge in [0.1, 0.15) is 11.3 Å². The highest BCUT2D eigenvalue weighted by Gasteiger charge is 2.20. The molecule has 1 aromatic heterocycles. The summed E-state index contributed by atoms with van der Waals surface area (Å²) in [6, 6.07) is 7.74. The lowest BCUT2D eigenvalue weighted by molar-refractivity contribution is 0.101. The zero-order valence-electron chi connectivity index (χ0n) is 10.5. The Bertz CT molecular complexity index is 588. The number of Topliss-reactive ketones (excluding diaryl/α,β-unsaturated/α-hetero) is 1. The summed E-state index contributed by atoms with van der Waals surface area (Å²) >= 11 is 1.65. The van der Waals surface area contributed by atoms with Crippen molar-refractivity contribution in [1.82, 2.24) is 9.78 Å². The molecular weight excluding hydrogens is 248 g/mol. The van der Waals surface area contributed by atoms with Gasteiger partial charge in [0.05, 0.1) is 0 Å². The summed E-state index contributed by atoms with van der Waals surface area (Å²) in [7, 11) is 1.61. The zero-order chi connectivity index (χ0) is 13.3. The lowest BCUT2D eigenvalue weighted by Gasteiger charge is -2.01. The second-order valence-electron chi connectivity index (χ2n) is 3.96. The van der Waals surface area contributed by atoms with Gasteiger partial charge in [-0.2, -0.15) is 5.10 Å². The Kier molecular flexibility index (Phi) is 3.43. The SMILES string of the molecule is CSc1ccc(-c2nn(C)c(O)c2C(C)=O)cc1. The van der Waals surface area contributed by atoms with Gasteiger partial charge in [0, 0.05) is 17.5 Å². The van der Waals surface area contributed by atoms with Crippen molar-refractivity contribution in [3.63, 3.8) is 0 Å². The van der Waals surface area contributed by atoms with Gasteiger partial charge < -0.3 is 5.11 Å². The molecule has 0 atom stereocenters. The molecule has 0 radical (unpaired) electrons. The van der Waals surface area contributed by atoms with Crippen LogP contribution in [0.1, 0.15) is 17.3 Å². The van der Waals surface area contributed by atoms with Gasteiger partial charge in [-0.25, -0.2) is 4.68 Å². The molecule has 2 aromatic rings. The van der Waals surface area contributed by atoms with Crippen molar-refractivity contribution < 1.29 is 9.90 Å². The molecule has 0 fully saturated rings. The molecule has 4 nitrogen and oxygen atoms in total. The second kappa shape index (κ2) is 4.86. The van der Waals surface area contributed by atoms with E-state index in [0.29, 0.717) is 5.69 Å². The summed E-state index contributed by atoms with van der Waals surface area (Å²) in [4.78, 5) is 12.7. The van der Waals surface area contributed by atoms with Crippen molar-refractivity contribution >= 4 is 17.5 Å². The van der Waals surface area contributed by atoms with E-state index in [1.54, 1.807) is 18.8 Å². The van der Waals surface area contributed by atoms with E-state index in [1.807, 2.05) is 30.5 Å². The van der Waals surface area contributed by atoms with Crippen LogP contribution in [0, 0.1) is 0 Å². The number of hydrogen-bond acceptors (Lipinski definition) is 4. The number of nitrogens with zero attached hydrogens (tertiary/aromatic N) is 2. The van der Waals surface area contributed by atoms with E-state index in [9.17, 15) is 9.90 Å². The van der Waals surface area contributed by atoms with Gasteiger partial charge in [0.2, 0.25) is 5.88 Å². The molecule has 1 heterocycles. The van der Waals surface area contributed by atoms with Crippen LogP contribution in [0.4, 0.5) is 0 Å². The third-order valence-electron chi connectivity index (χ3n) is 2.73. The van der Waals surface area contributed by atoms with Crippen LogP contribution in [-0.4, -0.2) is 26.9 Å². The van der Waals surface area contributed by atoms with Crippen LogP contribution in [0.25, 0.3) is 11.3 Å². The van der Waals surface area contributed by atoms with E-state index < -0.39 is 0 Å². The first-order valence-corrected chi connectivity index (χ1v) is 6.68. The molecular formula is C13H14N2O2S. The molecule has 0 unspecified atom stereocenters. The quantitative estimate of drug-likeness (QED) is 0.682. The predicted octanol–water partition coefficient (Wildman–Crippen LogP) is 2.72. The summed E-state index contributed by atoms with van der Waals surface area (Å²) in [6.07, 6.45) is 2.00. The fraction of sp³-hybridized carbons (Fsp3) is 0.231. The molecule has 5 heteroatoms. The highest BCUT2D eigenvalue weighted by Crippen LogP contribution is 2.30. The highest BCUT2D eigenvalue weighted by atomic mass is 32.2. The molecule has 0 spiro atoms. The molecule has 0 amide bonds. The maximum absolute atomic E-state index is 11.6. The lowest BCUT2D eigenvalue weighted by Crippen LogP contribution is -1.93. The van der Waals surface area contributed by atoms with Crippen LogP contribution in [0.3, 0.4) is 0 Å². The summed E-state index contributed by atoms with van der Waals surface area (Å²) in [6.45, 7) is 1.43. The Hall–Kier alpha value is -1.75. The minimum Gasteiger partial charge on any atom is -0.493 e. The topological polar surface area (TPSA) is 55.1 Å². The van der Waals surface area contributed by atoms with Crippen molar-refractivity contribution in [1.29, 1.82) is 0 Å². The normalized spacial score (nSPS) is 10.6. The average molecular weight is 262 g/mol. The van der Waals surface area contributed by atoms with Crippen molar-refractivity contribution in [3.8, 4) is 17.1 Å². The number of carbonyl (C=O) groups is 1. The second-order valence-corrected chi connectivity index (χ2v) is 4.84. The van der Waals surface area contributed by atoms with Gasteiger partial charge in [0.15, 0.2) is 5.78 Å². The molecule has 2 rings (SSSR count). The van der Waals surface area contributed by atoms with E-state index in [0.717, 1.165) is 10.5 Å². The Morgan fingerprint density at radius 1 is 1.33 bits per heavy atom. The molecule has 0 aliphatic rings. The van der Waals surface area contributed by atoms with Crippen LogP contribution in [0.5, 0.6) is 5.88 Å². The maximum Gasteiger partial charge on any atom is 0.220 e. The maximum atomic E-state index is 11.6. The summed E-state index contributed by atoms with van der Waals surface area (Å²) < 4.78 is 1.31. The Labute approximate surface area is 110 Å². The Morgan fingerprint density at radius 2 is 1.94 bits per heavy atom. The average Bonchev–Trinajstić information content (AvgIpc) is 2.66.